The largest absolute Gasteiger partial charge is 0.462 e. The van der Waals surface area contributed by atoms with Crippen molar-refractivity contribution in [1.29, 1.82) is 0 Å². The van der Waals surface area contributed by atoms with Crippen molar-refractivity contribution in [3.05, 3.63) is 44.7 Å². The Balaban J connectivity index is 3.20. The van der Waals surface area contributed by atoms with E-state index in [0.29, 0.717) is 6.07 Å². The zero-order valence-electron chi connectivity index (χ0n) is 16.2. The van der Waals surface area contributed by atoms with Crippen LogP contribution in [0.4, 0.5) is 8.78 Å². The molecule has 0 atom stereocenters. The highest BCUT2D eigenvalue weighted by Gasteiger charge is 2.38. The molecule has 27 heavy (non-hydrogen) atoms. The molecular weight excluding hydrogens is 487 g/mol. The molecular formula is C18H24F2INO4Si. The number of halogens is 3. The number of rotatable bonds is 7. The minimum absolute atomic E-state index is 0.0377. The van der Waals surface area contributed by atoms with E-state index < -0.39 is 42.8 Å². The van der Waals surface area contributed by atoms with Gasteiger partial charge in [-0.25, -0.2) is 13.6 Å². The standard InChI is InChI=1S/C18H24F2INO4Si/c1-7-25-17(24)12(10-22-26-27(5,6)18(2,3)4)16(23)11-8-15(21)14(20)9-13(11)19/h8-10,22H,7H2,1-6H3/b12-10-. The number of hydrogen-bond donors (Lipinski definition) is 1. The third kappa shape index (κ3) is 6.08. The average molecular weight is 511 g/mol. The number of ketones is 1. The monoisotopic (exact) mass is 511 g/mol. The molecule has 0 unspecified atom stereocenters. The summed E-state index contributed by atoms with van der Waals surface area (Å²) < 4.78 is 38.2. The second-order valence-electron chi connectivity index (χ2n) is 7.33. The van der Waals surface area contributed by atoms with Gasteiger partial charge in [0, 0.05) is 15.8 Å². The van der Waals surface area contributed by atoms with Crippen molar-refractivity contribution >= 4 is 42.7 Å². The molecule has 0 aliphatic carbocycles. The lowest BCUT2D eigenvalue weighted by molar-refractivity contribution is -0.138. The zero-order chi connectivity index (χ0) is 21.0. The van der Waals surface area contributed by atoms with E-state index in [2.05, 4.69) is 5.48 Å². The molecule has 1 aromatic rings. The van der Waals surface area contributed by atoms with Crippen molar-refractivity contribution in [3.8, 4) is 0 Å². The molecule has 0 radical (unpaired) electrons. The van der Waals surface area contributed by atoms with E-state index in [0.717, 1.165) is 12.3 Å². The highest BCUT2D eigenvalue weighted by atomic mass is 127. The molecule has 0 bridgehead atoms. The Morgan fingerprint density at radius 1 is 1.22 bits per heavy atom. The first kappa shape index (κ1) is 23.7. The Morgan fingerprint density at radius 3 is 2.33 bits per heavy atom. The van der Waals surface area contributed by atoms with Gasteiger partial charge in [-0.1, -0.05) is 20.8 Å². The summed E-state index contributed by atoms with van der Waals surface area (Å²) in [4.78, 5) is 24.9. The van der Waals surface area contributed by atoms with Crippen LogP contribution in [-0.2, 0) is 14.1 Å². The average Bonchev–Trinajstić information content (AvgIpc) is 2.53. The summed E-state index contributed by atoms with van der Waals surface area (Å²) in [6, 6.07) is 1.66. The van der Waals surface area contributed by atoms with Crippen LogP contribution in [0.3, 0.4) is 0 Å². The lowest BCUT2D eigenvalue weighted by Gasteiger charge is -2.34. The second-order valence-corrected chi connectivity index (χ2v) is 13.2. The van der Waals surface area contributed by atoms with Crippen LogP contribution in [-0.4, -0.2) is 26.7 Å². The summed E-state index contributed by atoms with van der Waals surface area (Å²) in [5.74, 6) is -3.69. The molecule has 0 aliphatic rings. The van der Waals surface area contributed by atoms with Crippen LogP contribution in [0.2, 0.25) is 18.1 Å². The molecule has 1 rings (SSSR count). The molecule has 0 aliphatic heterocycles. The highest BCUT2D eigenvalue weighted by molar-refractivity contribution is 14.1. The van der Waals surface area contributed by atoms with Crippen LogP contribution >= 0.6 is 22.6 Å². The van der Waals surface area contributed by atoms with Crippen molar-refractivity contribution in [2.75, 3.05) is 6.61 Å². The first-order valence-corrected chi connectivity index (χ1v) is 12.3. The van der Waals surface area contributed by atoms with Gasteiger partial charge in [0.15, 0.2) is 0 Å². The summed E-state index contributed by atoms with van der Waals surface area (Å²) >= 11 is 1.64. The normalized spacial score (nSPS) is 12.7. The van der Waals surface area contributed by atoms with E-state index in [4.69, 9.17) is 9.26 Å². The van der Waals surface area contributed by atoms with Crippen molar-refractivity contribution in [2.45, 2.75) is 45.8 Å². The third-order valence-corrected chi connectivity index (χ3v) is 9.39. The summed E-state index contributed by atoms with van der Waals surface area (Å²) in [5.41, 5.74) is 1.69. The molecule has 0 heterocycles. The van der Waals surface area contributed by atoms with Crippen LogP contribution in [0.5, 0.6) is 0 Å². The molecule has 0 aromatic heterocycles. The Kier molecular flexibility index (Phi) is 8.11. The maximum absolute atomic E-state index is 14.1. The Bertz CT molecular complexity index is 760. The molecule has 0 amide bonds. The number of carbonyl (C=O) groups is 2. The van der Waals surface area contributed by atoms with E-state index in [1.165, 1.54) is 0 Å². The number of Topliss-reactive ketones (excluding diaryl/α,β-unsaturated/α-hetero) is 1. The SMILES string of the molecule is CCOC(=O)/C(=C\NO[Si](C)(C)C(C)(C)C)C(=O)c1cc(I)c(F)cc1F. The fraction of sp³-hybridized carbons (Fsp3) is 0.444. The fourth-order valence-corrected chi connectivity index (χ4v) is 2.78. The second kappa shape index (κ2) is 9.24. The number of ether oxygens (including phenoxy) is 1. The first-order chi connectivity index (χ1) is 12.3. The smallest absolute Gasteiger partial charge is 0.343 e. The lowest BCUT2D eigenvalue weighted by Crippen LogP contribution is -2.44. The number of esters is 1. The number of nitrogens with one attached hydrogen (secondary N) is 1. The van der Waals surface area contributed by atoms with Gasteiger partial charge in [-0.2, -0.15) is 0 Å². The van der Waals surface area contributed by atoms with E-state index in [9.17, 15) is 18.4 Å². The predicted molar refractivity (Wildman–Crippen MR) is 110 cm³/mol. The molecule has 0 saturated heterocycles. The summed E-state index contributed by atoms with van der Waals surface area (Å²) in [6.45, 7) is 11.6. The minimum atomic E-state index is -2.21. The molecule has 150 valence electrons. The topological polar surface area (TPSA) is 64.6 Å². The predicted octanol–water partition coefficient (Wildman–Crippen LogP) is 4.73. The van der Waals surface area contributed by atoms with Gasteiger partial charge < -0.3 is 9.26 Å². The maximum atomic E-state index is 14.1. The van der Waals surface area contributed by atoms with Gasteiger partial charge >= 0.3 is 5.97 Å². The Labute approximate surface area is 172 Å². The van der Waals surface area contributed by atoms with E-state index in [1.807, 2.05) is 33.9 Å². The highest BCUT2D eigenvalue weighted by Crippen LogP contribution is 2.35. The molecule has 9 heteroatoms. The van der Waals surface area contributed by atoms with Crippen molar-refractivity contribution < 1.29 is 27.6 Å². The summed E-state index contributed by atoms with van der Waals surface area (Å²) in [6.07, 6.45) is 1.07. The number of benzene rings is 1. The van der Waals surface area contributed by atoms with E-state index in [-0.39, 0.29) is 15.2 Å². The maximum Gasteiger partial charge on any atom is 0.343 e. The molecule has 0 saturated carbocycles. The summed E-state index contributed by atoms with van der Waals surface area (Å²) in [7, 11) is -2.21. The Hall–Kier alpha value is -1.33. The first-order valence-electron chi connectivity index (χ1n) is 8.32. The van der Waals surface area contributed by atoms with Crippen LogP contribution in [0.15, 0.2) is 23.9 Å². The van der Waals surface area contributed by atoms with Gasteiger partial charge in [-0.3, -0.25) is 10.3 Å². The van der Waals surface area contributed by atoms with Crippen molar-refractivity contribution in [3.63, 3.8) is 0 Å². The van der Waals surface area contributed by atoms with Gasteiger partial charge in [0.25, 0.3) is 0 Å². The van der Waals surface area contributed by atoms with E-state index in [1.54, 1.807) is 29.5 Å². The zero-order valence-corrected chi connectivity index (χ0v) is 19.4. The molecule has 1 aromatic carbocycles. The lowest BCUT2D eigenvalue weighted by atomic mass is 10.0. The number of hydrogen-bond acceptors (Lipinski definition) is 5. The quantitative estimate of drug-likeness (QED) is 0.0661. The minimum Gasteiger partial charge on any atom is -0.462 e. The molecule has 0 fully saturated rings. The van der Waals surface area contributed by atoms with Gasteiger partial charge in [0.2, 0.25) is 14.1 Å². The van der Waals surface area contributed by atoms with Crippen molar-refractivity contribution in [1.82, 2.24) is 5.48 Å². The molecule has 0 spiro atoms. The van der Waals surface area contributed by atoms with Gasteiger partial charge in [-0.15, -0.1) is 0 Å². The van der Waals surface area contributed by atoms with Gasteiger partial charge in [-0.05, 0) is 53.7 Å². The van der Waals surface area contributed by atoms with Gasteiger partial charge in [0.1, 0.15) is 17.2 Å². The summed E-state index contributed by atoms with van der Waals surface area (Å²) in [5, 5.41) is -0.110. The number of carbonyl (C=O) groups excluding carboxylic acids is 2. The van der Waals surface area contributed by atoms with Gasteiger partial charge in [0.05, 0.1) is 12.2 Å². The van der Waals surface area contributed by atoms with Crippen LogP contribution < -0.4 is 5.48 Å². The number of hydroxylamine groups is 1. The fourth-order valence-electron chi connectivity index (χ4n) is 1.66. The molecule has 5 nitrogen and oxygen atoms in total. The van der Waals surface area contributed by atoms with Crippen molar-refractivity contribution in [2.24, 2.45) is 0 Å². The van der Waals surface area contributed by atoms with Crippen LogP contribution in [0.1, 0.15) is 38.1 Å². The third-order valence-electron chi connectivity index (χ3n) is 4.32. The van der Waals surface area contributed by atoms with Crippen LogP contribution in [0, 0.1) is 15.2 Å². The van der Waals surface area contributed by atoms with Crippen LogP contribution in [0.25, 0.3) is 0 Å². The van der Waals surface area contributed by atoms with E-state index >= 15 is 0 Å². The molecule has 1 N–H and O–H groups in total. The Morgan fingerprint density at radius 2 is 1.81 bits per heavy atom.